The summed E-state index contributed by atoms with van der Waals surface area (Å²) in [5.74, 6) is 0.760. The third-order valence-electron chi connectivity index (χ3n) is 19.9. The molecule has 3 aromatic rings. The lowest BCUT2D eigenvalue weighted by atomic mass is 9.84. The monoisotopic (exact) mass is 1860 g/mol. The molecule has 4 fully saturated rings. The summed E-state index contributed by atoms with van der Waals surface area (Å²) in [7, 11) is 16.1. The van der Waals surface area contributed by atoms with Gasteiger partial charge in [-0.05, 0) is 84.1 Å². The lowest BCUT2D eigenvalue weighted by Gasteiger charge is -2.40. The van der Waals surface area contributed by atoms with Crippen LogP contribution in [0.3, 0.4) is 0 Å². The van der Waals surface area contributed by atoms with Gasteiger partial charge in [-0.25, -0.2) is 0 Å². The lowest BCUT2D eigenvalue weighted by molar-refractivity contribution is -0.150. The van der Waals surface area contributed by atoms with Gasteiger partial charge in [0.1, 0.15) is 12.3 Å². The van der Waals surface area contributed by atoms with Crippen LogP contribution >= 0.6 is 0 Å². The molecule has 7 rings (SSSR count). The normalized spacial score (nSPS) is 16.9. The molecule has 4 atom stereocenters. The van der Waals surface area contributed by atoms with Crippen LogP contribution in [0, 0.1) is 18.3 Å². The number of fused-ring (bicyclic) bond motifs is 1. The minimum absolute atomic E-state index is 0.0295. The van der Waals surface area contributed by atoms with Crippen LogP contribution < -0.4 is 15.6 Å². The Morgan fingerprint density at radius 1 is 0.403 bits per heavy atom. The molecule has 43 heteroatoms. The molecule has 3 heterocycles. The molecule has 0 spiro atoms. The first-order chi connectivity index (χ1) is 56.9. The van der Waals surface area contributed by atoms with E-state index >= 15 is 0 Å². The van der Waals surface area contributed by atoms with E-state index < -0.39 is 79.2 Å². The van der Waals surface area contributed by atoms with Crippen LogP contribution in [0.5, 0.6) is 0 Å². The molecule has 3 aromatic carbocycles. The van der Waals surface area contributed by atoms with E-state index in [1.165, 1.54) is 46.2 Å². The van der Waals surface area contributed by atoms with Crippen LogP contribution in [0.15, 0.2) is 78.9 Å². The van der Waals surface area contributed by atoms with E-state index in [0.717, 1.165) is 97.3 Å². The summed E-state index contributed by atoms with van der Waals surface area (Å²) in [4.78, 5) is 0. The maximum Gasteiger partial charge on any atom is 0.536 e. The van der Waals surface area contributed by atoms with Crippen LogP contribution in [0.4, 0.5) is 0 Å². The smallest absolute Gasteiger partial charge is 0.392 e. The topological polar surface area (TPSA) is 342 Å². The van der Waals surface area contributed by atoms with Crippen molar-refractivity contribution < 1.29 is 153 Å². The van der Waals surface area contributed by atoms with Crippen molar-refractivity contribution in [2.75, 3.05) is 243 Å². The van der Waals surface area contributed by atoms with Gasteiger partial charge in [-0.2, -0.15) is 0 Å². The average Bonchev–Trinajstić information content (AvgIpc) is 1.71. The summed E-state index contributed by atoms with van der Waals surface area (Å²) >= 11 is 0. The number of benzene rings is 3. The van der Waals surface area contributed by atoms with Gasteiger partial charge in [0, 0.05) is 256 Å². The van der Waals surface area contributed by atoms with Gasteiger partial charge >= 0.3 is 79.2 Å². The number of ether oxygens (including phenoxy) is 5. The Morgan fingerprint density at radius 3 is 1.05 bits per heavy atom. The Morgan fingerprint density at radius 2 is 0.765 bits per heavy atom. The molecule has 119 heavy (non-hydrogen) atoms. The molecule has 3 saturated heterocycles. The Kier molecular flexibility index (Phi) is 66.8. The van der Waals surface area contributed by atoms with Crippen LogP contribution in [-0.4, -0.2) is 351 Å². The molecule has 0 radical (unpaired) electrons. The second kappa shape index (κ2) is 66.6. The molecule has 2 N–H and O–H groups in total. The van der Waals surface area contributed by atoms with Crippen LogP contribution in [0.25, 0.3) is 0 Å². The quantitative estimate of drug-likeness (QED) is 0.0308. The number of hydrogen-bond donors (Lipinski definition) is 2. The third-order valence-corrected chi connectivity index (χ3v) is 43.2. The Bertz CT molecular complexity index is 2740. The van der Waals surface area contributed by atoms with Crippen LogP contribution in [-0.2, 0) is 150 Å². The molecule has 0 bridgehead atoms. The average molecular weight is 1870 g/mol. The first kappa shape index (κ1) is 119. The summed E-state index contributed by atoms with van der Waals surface area (Å²) in [5.41, 5.74) is 2.32. The second-order valence-corrected chi connectivity index (χ2v) is 53.1. The molecule has 3 aliphatic heterocycles. The van der Waals surface area contributed by atoms with E-state index in [2.05, 4.69) is 6.92 Å². The first-order valence-electron chi connectivity index (χ1n) is 39.5. The summed E-state index contributed by atoms with van der Waals surface area (Å²) in [6, 6.07) is 27.6. The highest BCUT2D eigenvalue weighted by Crippen LogP contribution is 2.42. The van der Waals surface area contributed by atoms with Gasteiger partial charge < -0.3 is 153 Å². The number of hydrogen-bond acceptors (Lipinski definition) is 34. The van der Waals surface area contributed by atoms with Crippen molar-refractivity contribution in [3.8, 4) is 0 Å². The van der Waals surface area contributed by atoms with Crippen LogP contribution in [0.1, 0.15) is 83.8 Å². The van der Waals surface area contributed by atoms with Gasteiger partial charge in [0.15, 0.2) is 0 Å². The van der Waals surface area contributed by atoms with E-state index in [1.54, 1.807) is 149 Å². The second-order valence-electron chi connectivity index (χ2n) is 26.6. The zero-order valence-electron chi connectivity index (χ0n) is 77.8. The van der Waals surface area contributed by atoms with Crippen molar-refractivity contribution in [3.05, 3.63) is 90.0 Å². The van der Waals surface area contributed by atoms with Gasteiger partial charge in [0.2, 0.25) is 0 Å². The fourth-order valence-corrected chi connectivity index (χ4v) is 25.5. The van der Waals surface area contributed by atoms with E-state index in [-0.39, 0.29) is 18.3 Å². The van der Waals surface area contributed by atoms with Crippen molar-refractivity contribution in [1.82, 2.24) is 0 Å². The van der Waals surface area contributed by atoms with Crippen molar-refractivity contribution in [1.29, 1.82) is 0 Å². The minimum atomic E-state index is -2.71. The molecular formula is C76H156O34Si9. The molecule has 1 aliphatic carbocycles. The van der Waals surface area contributed by atoms with E-state index in [4.69, 9.17) is 153 Å². The number of aliphatic hydroxyl groups is 2. The predicted octanol–water partition coefficient (Wildman–Crippen LogP) is 7.86. The Labute approximate surface area is 724 Å². The van der Waals surface area contributed by atoms with Gasteiger partial charge in [-0.3, -0.25) is 0 Å². The van der Waals surface area contributed by atoms with Crippen molar-refractivity contribution in [3.63, 3.8) is 0 Å². The SMILES string of the molecule is CCC1(COCCC[Si](OC)(OC)OC)COC1.CCO[Si](C)(OCC)OCC.CO[Si](C)(OC)OC.CO[Si](CCC1CCC2OC2C1)(OC)OC.CO[Si](CCCOCC1CO1)(OC)OC.CO[Si](CO)(OC)OC.CO[Si](OC)(OC)c1ccc(C)cc1.CO[Si](OC)(OC)c1ccc(CO)cc1.CO[Si](OC)(OC)c1ccccc1. The number of rotatable bonds is 51. The van der Waals surface area contributed by atoms with E-state index in [0.29, 0.717) is 58.0 Å². The zero-order valence-corrected chi connectivity index (χ0v) is 86.8. The Hall–Kier alpha value is -1.75. The van der Waals surface area contributed by atoms with Crippen molar-refractivity contribution in [2.24, 2.45) is 11.3 Å². The lowest BCUT2D eigenvalue weighted by Crippen LogP contribution is -2.54. The summed E-state index contributed by atoms with van der Waals surface area (Å²) < 4.78 is 169. The van der Waals surface area contributed by atoms with Crippen LogP contribution in [0.2, 0.25) is 31.2 Å². The largest absolute Gasteiger partial charge is 0.536 e. The predicted molar refractivity (Wildman–Crippen MR) is 472 cm³/mol. The maximum atomic E-state index is 8.92. The zero-order chi connectivity index (χ0) is 90.6. The molecule has 34 nitrogen and oxygen atoms in total. The summed E-state index contributed by atoms with van der Waals surface area (Å²) in [5, 5.41) is 20.4. The number of epoxide rings is 2. The molecule has 4 aliphatic rings. The van der Waals surface area contributed by atoms with Gasteiger partial charge in [0.25, 0.3) is 0 Å². The fraction of sp³-hybridized carbons (Fsp3) is 0.763. The number of aliphatic hydroxyl groups excluding tert-OH is 2. The molecule has 700 valence electrons. The molecule has 1 saturated carbocycles. The van der Waals surface area contributed by atoms with Crippen molar-refractivity contribution in [2.45, 2.75) is 136 Å². The number of aryl methyl sites for hydroxylation is 1. The highest BCUT2D eigenvalue weighted by Gasteiger charge is 2.47. The van der Waals surface area contributed by atoms with Gasteiger partial charge in [-0.1, -0.05) is 91.3 Å². The maximum absolute atomic E-state index is 8.92. The highest BCUT2D eigenvalue weighted by atomic mass is 28.4. The summed E-state index contributed by atoms with van der Waals surface area (Å²) in [6.07, 6.45) is 9.04. The molecule has 0 aromatic heterocycles. The minimum Gasteiger partial charge on any atom is -0.392 e. The molecule has 0 amide bonds. The Balaban J connectivity index is 0. The third kappa shape index (κ3) is 43.3. The highest BCUT2D eigenvalue weighted by molar-refractivity contribution is 6.76. The summed E-state index contributed by atoms with van der Waals surface area (Å²) in [6.45, 7) is 21.2. The van der Waals surface area contributed by atoms with Crippen molar-refractivity contribution >= 4 is 94.8 Å². The van der Waals surface area contributed by atoms with Gasteiger partial charge in [0.05, 0.1) is 51.8 Å². The van der Waals surface area contributed by atoms with E-state index in [1.807, 2.05) is 120 Å². The van der Waals surface area contributed by atoms with Gasteiger partial charge in [-0.15, -0.1) is 0 Å². The molecular weight excluding hydrogens is 1710 g/mol. The molecule has 4 unspecified atom stereocenters. The van der Waals surface area contributed by atoms with E-state index in [9.17, 15) is 0 Å². The fourth-order valence-electron chi connectivity index (χ4n) is 11.7. The standard InChI is InChI=1S/C12H26O5Si.C11H22O4Si.C10H16O4Si.C10H16O3Si.C9H20O5Si.C9H14O3Si.C7H18O3Si.C4H12O4Si.C4H12O3Si/c1-5-12(10-17-11-12)9-16-7-6-8-18(13-2,14-3)15-4;1-12-16(13-2,14-3)7-6-9-4-5-10-11(8-9)15-10;1-12-15(13-2,14-3)10-6-4-9(8-11)5-7-10;1-9-5-7-10(8-6-9)14(11-2,12-3)13-4;1-10-15(11-2,12-3)6-4-5-13-7-9-8-14-9;1-10-13(11-2,12-3)9-7-5-4-6-8-9;1-5-8-11(4,9-6-2)10-7-3;1-6-9(4-5,7-2)8-3;1-5-8(4,6-2)7-3/h5-11H2,1-4H3;9-11H,4-8H2,1-3H3;4-7,11H,8H2,1-3H3;5-8H,1-4H3;9H,4-8H2,1-3H3;4-8H,1-3H3;5-7H2,1-4H3;5H,4H2,1-3H3;1-4H3. The first-order valence-corrected chi connectivity index (χ1v) is 56.9.